The standard InChI is InChI=1S/C14H29NO/c1-13(2,3)12-9-15(10-12)11-14(4,5)7-6-8-16/h12,16H,6-11H2,1-5H3. The van der Waals surface area contributed by atoms with E-state index in [0.717, 1.165) is 18.8 Å². The van der Waals surface area contributed by atoms with E-state index in [9.17, 15) is 0 Å². The van der Waals surface area contributed by atoms with E-state index in [2.05, 4.69) is 39.5 Å². The van der Waals surface area contributed by atoms with Crippen LogP contribution in [0.4, 0.5) is 0 Å². The van der Waals surface area contributed by atoms with E-state index >= 15 is 0 Å². The molecule has 1 N–H and O–H groups in total. The van der Waals surface area contributed by atoms with Gasteiger partial charge in [0.05, 0.1) is 0 Å². The molecule has 0 aliphatic carbocycles. The van der Waals surface area contributed by atoms with Crippen molar-refractivity contribution >= 4 is 0 Å². The summed E-state index contributed by atoms with van der Waals surface area (Å²) in [4.78, 5) is 2.56. The highest BCUT2D eigenvalue weighted by molar-refractivity contribution is 4.90. The molecule has 0 aromatic carbocycles. The van der Waals surface area contributed by atoms with E-state index < -0.39 is 0 Å². The molecular formula is C14H29NO. The summed E-state index contributed by atoms with van der Waals surface area (Å²) in [6, 6.07) is 0. The predicted molar refractivity (Wildman–Crippen MR) is 69.5 cm³/mol. The summed E-state index contributed by atoms with van der Waals surface area (Å²) < 4.78 is 0. The Morgan fingerprint density at radius 1 is 1.12 bits per heavy atom. The average Bonchev–Trinajstić information content (AvgIpc) is 2.05. The predicted octanol–water partition coefficient (Wildman–Crippen LogP) is 2.76. The van der Waals surface area contributed by atoms with E-state index in [1.165, 1.54) is 19.6 Å². The highest BCUT2D eigenvalue weighted by Crippen LogP contribution is 2.35. The lowest BCUT2D eigenvalue weighted by molar-refractivity contribution is -0.00196. The normalized spacial score (nSPS) is 19.9. The molecule has 0 unspecified atom stereocenters. The van der Waals surface area contributed by atoms with Crippen LogP contribution in [-0.4, -0.2) is 36.2 Å². The molecule has 1 saturated heterocycles. The molecule has 2 heteroatoms. The van der Waals surface area contributed by atoms with E-state index in [1.807, 2.05) is 0 Å². The molecule has 1 heterocycles. The van der Waals surface area contributed by atoms with Crippen LogP contribution < -0.4 is 0 Å². The second kappa shape index (κ2) is 5.05. The van der Waals surface area contributed by atoms with Gasteiger partial charge in [-0.05, 0) is 29.6 Å². The molecule has 2 nitrogen and oxygen atoms in total. The number of nitrogens with zero attached hydrogens (tertiary/aromatic N) is 1. The molecule has 0 saturated carbocycles. The minimum Gasteiger partial charge on any atom is -0.396 e. The van der Waals surface area contributed by atoms with Gasteiger partial charge in [-0.1, -0.05) is 34.6 Å². The summed E-state index contributed by atoms with van der Waals surface area (Å²) in [6.45, 7) is 15.7. The van der Waals surface area contributed by atoms with E-state index in [4.69, 9.17) is 5.11 Å². The van der Waals surface area contributed by atoms with Gasteiger partial charge in [-0.2, -0.15) is 0 Å². The van der Waals surface area contributed by atoms with Crippen molar-refractivity contribution in [3.05, 3.63) is 0 Å². The first-order valence-electron chi connectivity index (χ1n) is 6.58. The van der Waals surface area contributed by atoms with Gasteiger partial charge in [0.25, 0.3) is 0 Å². The maximum absolute atomic E-state index is 8.87. The first-order valence-corrected chi connectivity index (χ1v) is 6.58. The monoisotopic (exact) mass is 227 g/mol. The summed E-state index contributed by atoms with van der Waals surface area (Å²) in [5, 5.41) is 8.87. The van der Waals surface area contributed by atoms with Crippen LogP contribution in [0.1, 0.15) is 47.5 Å². The quantitative estimate of drug-likeness (QED) is 0.780. The van der Waals surface area contributed by atoms with Gasteiger partial charge in [-0.25, -0.2) is 0 Å². The molecule has 0 aromatic heterocycles. The second-order valence-corrected chi connectivity index (χ2v) is 7.25. The maximum Gasteiger partial charge on any atom is 0.0431 e. The number of hydrogen-bond acceptors (Lipinski definition) is 2. The Balaban J connectivity index is 2.26. The van der Waals surface area contributed by atoms with Crippen molar-refractivity contribution in [1.82, 2.24) is 4.90 Å². The fraction of sp³-hybridized carbons (Fsp3) is 1.00. The van der Waals surface area contributed by atoms with E-state index in [1.54, 1.807) is 0 Å². The van der Waals surface area contributed by atoms with Crippen molar-refractivity contribution in [3.63, 3.8) is 0 Å². The highest BCUT2D eigenvalue weighted by atomic mass is 16.2. The topological polar surface area (TPSA) is 23.5 Å². The molecule has 1 fully saturated rings. The van der Waals surface area contributed by atoms with Crippen molar-refractivity contribution in [2.24, 2.45) is 16.7 Å². The lowest BCUT2D eigenvalue weighted by Gasteiger charge is -2.49. The summed E-state index contributed by atoms with van der Waals surface area (Å²) in [5.74, 6) is 0.862. The number of rotatable bonds is 5. The lowest BCUT2D eigenvalue weighted by Crippen LogP contribution is -2.54. The van der Waals surface area contributed by atoms with Crippen LogP contribution in [0.25, 0.3) is 0 Å². The summed E-state index contributed by atoms with van der Waals surface area (Å²) >= 11 is 0. The van der Waals surface area contributed by atoms with Gasteiger partial charge < -0.3 is 10.0 Å². The third-order valence-electron chi connectivity index (χ3n) is 3.85. The minimum atomic E-state index is 0.327. The number of likely N-dealkylation sites (tertiary alicyclic amines) is 1. The van der Waals surface area contributed by atoms with Gasteiger partial charge in [0.1, 0.15) is 0 Å². The number of aliphatic hydroxyl groups excluding tert-OH is 1. The molecule has 0 spiro atoms. The Morgan fingerprint density at radius 3 is 2.12 bits per heavy atom. The summed E-state index contributed by atoms with van der Waals surface area (Å²) in [6.07, 6.45) is 2.06. The van der Waals surface area contributed by atoms with Crippen molar-refractivity contribution in [2.75, 3.05) is 26.2 Å². The van der Waals surface area contributed by atoms with Crippen molar-refractivity contribution in [2.45, 2.75) is 47.5 Å². The Bertz CT molecular complexity index is 211. The number of aliphatic hydroxyl groups is 1. The molecule has 0 aromatic rings. The van der Waals surface area contributed by atoms with Crippen LogP contribution in [0.5, 0.6) is 0 Å². The lowest BCUT2D eigenvalue weighted by atomic mass is 9.75. The molecule has 16 heavy (non-hydrogen) atoms. The molecule has 1 rings (SSSR count). The number of hydrogen-bond donors (Lipinski definition) is 1. The largest absolute Gasteiger partial charge is 0.396 e. The van der Waals surface area contributed by atoms with Gasteiger partial charge in [-0.15, -0.1) is 0 Å². The Morgan fingerprint density at radius 2 is 1.69 bits per heavy atom. The zero-order valence-corrected chi connectivity index (χ0v) is 11.7. The highest BCUT2D eigenvalue weighted by Gasteiger charge is 2.37. The van der Waals surface area contributed by atoms with Crippen LogP contribution in [-0.2, 0) is 0 Å². The van der Waals surface area contributed by atoms with Crippen molar-refractivity contribution in [3.8, 4) is 0 Å². The van der Waals surface area contributed by atoms with Crippen LogP contribution in [0.2, 0.25) is 0 Å². The van der Waals surface area contributed by atoms with Gasteiger partial charge in [0.2, 0.25) is 0 Å². The first-order chi connectivity index (χ1) is 7.24. The zero-order valence-electron chi connectivity index (χ0n) is 11.7. The molecular weight excluding hydrogens is 198 g/mol. The molecule has 0 atom stereocenters. The molecule has 0 amide bonds. The minimum absolute atomic E-state index is 0.327. The zero-order chi connectivity index (χ0) is 12.4. The van der Waals surface area contributed by atoms with Crippen LogP contribution in [0, 0.1) is 16.7 Å². The Hall–Kier alpha value is -0.0800. The summed E-state index contributed by atoms with van der Waals surface area (Å²) in [7, 11) is 0. The first kappa shape index (κ1) is 14.0. The van der Waals surface area contributed by atoms with Gasteiger partial charge in [-0.3, -0.25) is 0 Å². The third kappa shape index (κ3) is 4.06. The van der Waals surface area contributed by atoms with Crippen molar-refractivity contribution in [1.29, 1.82) is 0 Å². The van der Waals surface area contributed by atoms with Crippen LogP contribution in [0.3, 0.4) is 0 Å². The van der Waals surface area contributed by atoms with E-state index in [0.29, 0.717) is 17.4 Å². The SMILES string of the molecule is CC(C)(CCCO)CN1CC(C(C)(C)C)C1. The Kier molecular flexibility index (Phi) is 4.42. The van der Waals surface area contributed by atoms with Gasteiger partial charge in [0, 0.05) is 26.2 Å². The van der Waals surface area contributed by atoms with E-state index in [-0.39, 0.29) is 0 Å². The average molecular weight is 227 g/mol. The van der Waals surface area contributed by atoms with Crippen LogP contribution in [0.15, 0.2) is 0 Å². The molecule has 0 radical (unpaired) electrons. The smallest absolute Gasteiger partial charge is 0.0431 e. The maximum atomic E-state index is 8.87. The van der Waals surface area contributed by atoms with Crippen LogP contribution >= 0.6 is 0 Å². The third-order valence-corrected chi connectivity index (χ3v) is 3.85. The Labute approximate surface area is 101 Å². The second-order valence-electron chi connectivity index (χ2n) is 7.25. The molecule has 1 aliphatic rings. The van der Waals surface area contributed by atoms with Gasteiger partial charge >= 0.3 is 0 Å². The fourth-order valence-electron chi connectivity index (χ4n) is 2.49. The molecule has 0 bridgehead atoms. The summed E-state index contributed by atoms with van der Waals surface area (Å²) in [5.41, 5.74) is 0.817. The van der Waals surface area contributed by atoms with Crippen molar-refractivity contribution < 1.29 is 5.11 Å². The molecule has 1 aliphatic heterocycles. The van der Waals surface area contributed by atoms with Gasteiger partial charge in [0.15, 0.2) is 0 Å². The fourth-order valence-corrected chi connectivity index (χ4v) is 2.49. The molecule has 96 valence electrons.